The van der Waals surface area contributed by atoms with E-state index in [-0.39, 0.29) is 6.42 Å². The lowest BCUT2D eigenvalue weighted by Gasteiger charge is -2.23. The van der Waals surface area contributed by atoms with Gasteiger partial charge in [0, 0.05) is 0 Å². The predicted molar refractivity (Wildman–Crippen MR) is 89.4 cm³/mol. The van der Waals surface area contributed by atoms with Gasteiger partial charge >= 0.3 is 12.1 Å². The number of benzene rings is 1. The molecule has 7 heteroatoms. The summed E-state index contributed by atoms with van der Waals surface area (Å²) in [6.45, 7) is 5.31. The Balaban J connectivity index is 2.98. The molecule has 1 amide bonds. The van der Waals surface area contributed by atoms with Crippen LogP contribution in [0.5, 0.6) is 5.75 Å². The van der Waals surface area contributed by atoms with Crippen molar-refractivity contribution in [1.82, 2.24) is 5.32 Å². The lowest BCUT2D eigenvalue weighted by Crippen LogP contribution is -2.36. The molecule has 1 rings (SSSR count). The minimum absolute atomic E-state index is 0.00544. The van der Waals surface area contributed by atoms with Gasteiger partial charge in [0.15, 0.2) is 0 Å². The van der Waals surface area contributed by atoms with Crippen LogP contribution in [0.2, 0.25) is 0 Å². The molecular formula is C16H22BrNO5. The lowest BCUT2D eigenvalue weighted by atomic mass is 10.0. The molecule has 1 atom stereocenters. The van der Waals surface area contributed by atoms with E-state index < -0.39 is 23.7 Å². The van der Waals surface area contributed by atoms with E-state index in [0.29, 0.717) is 5.75 Å². The smallest absolute Gasteiger partial charge is 0.408 e. The molecule has 0 heterocycles. The molecule has 1 aromatic carbocycles. The summed E-state index contributed by atoms with van der Waals surface area (Å²) in [6.07, 6.45) is -0.604. The third-order valence-corrected chi connectivity index (χ3v) is 3.49. The fraction of sp³-hybridized carbons (Fsp3) is 0.500. The van der Waals surface area contributed by atoms with E-state index in [2.05, 4.69) is 21.2 Å². The van der Waals surface area contributed by atoms with Gasteiger partial charge < -0.3 is 19.5 Å². The first-order valence-corrected chi connectivity index (χ1v) is 7.85. The zero-order chi connectivity index (χ0) is 17.6. The van der Waals surface area contributed by atoms with Gasteiger partial charge in [-0.3, -0.25) is 4.79 Å². The Kier molecular flexibility index (Phi) is 6.87. The number of ether oxygens (including phenoxy) is 3. The molecule has 1 unspecified atom stereocenters. The van der Waals surface area contributed by atoms with Gasteiger partial charge in [0.25, 0.3) is 0 Å². The normalized spacial score (nSPS) is 12.3. The number of rotatable bonds is 5. The molecule has 0 radical (unpaired) electrons. The third kappa shape index (κ3) is 6.48. The van der Waals surface area contributed by atoms with Gasteiger partial charge in [0.05, 0.1) is 31.2 Å². The average Bonchev–Trinajstić information content (AvgIpc) is 2.44. The number of methoxy groups -OCH3 is 2. The molecular weight excluding hydrogens is 366 g/mol. The van der Waals surface area contributed by atoms with Gasteiger partial charge in [0.1, 0.15) is 11.4 Å². The quantitative estimate of drug-likeness (QED) is 0.781. The standard InChI is InChI=1S/C16H22BrNO5/c1-16(2,3)23-15(20)18-12(9-14(19)22-5)10-6-7-13(21-4)11(17)8-10/h6-8,12H,9H2,1-5H3,(H,18,20). The number of nitrogens with one attached hydrogen (secondary N) is 1. The maximum Gasteiger partial charge on any atom is 0.408 e. The van der Waals surface area contributed by atoms with E-state index in [9.17, 15) is 9.59 Å². The molecule has 0 spiro atoms. The first-order valence-electron chi connectivity index (χ1n) is 7.06. The van der Waals surface area contributed by atoms with Crippen LogP contribution in [-0.2, 0) is 14.3 Å². The number of carbonyl (C=O) groups excluding carboxylic acids is 2. The second-order valence-corrected chi connectivity index (χ2v) is 6.73. The van der Waals surface area contributed by atoms with Crippen molar-refractivity contribution in [1.29, 1.82) is 0 Å². The Hall–Kier alpha value is -1.76. The van der Waals surface area contributed by atoms with Crippen molar-refractivity contribution >= 4 is 28.0 Å². The number of hydrogen-bond acceptors (Lipinski definition) is 5. The van der Waals surface area contributed by atoms with Gasteiger partial charge in [0.2, 0.25) is 0 Å². The van der Waals surface area contributed by atoms with Crippen molar-refractivity contribution in [2.75, 3.05) is 14.2 Å². The van der Waals surface area contributed by atoms with E-state index >= 15 is 0 Å². The highest BCUT2D eigenvalue weighted by molar-refractivity contribution is 9.10. The molecule has 0 saturated carbocycles. The highest BCUT2D eigenvalue weighted by atomic mass is 79.9. The monoisotopic (exact) mass is 387 g/mol. The Morgan fingerprint density at radius 3 is 2.39 bits per heavy atom. The van der Waals surface area contributed by atoms with Crippen molar-refractivity contribution < 1.29 is 23.8 Å². The van der Waals surface area contributed by atoms with Crippen molar-refractivity contribution in [2.24, 2.45) is 0 Å². The van der Waals surface area contributed by atoms with Gasteiger partial charge in [-0.1, -0.05) is 6.07 Å². The fourth-order valence-electron chi connectivity index (χ4n) is 1.85. The van der Waals surface area contributed by atoms with Crippen LogP contribution in [0.1, 0.15) is 38.8 Å². The average molecular weight is 388 g/mol. The number of amides is 1. The van der Waals surface area contributed by atoms with E-state index in [0.717, 1.165) is 10.0 Å². The van der Waals surface area contributed by atoms with Gasteiger partial charge in [-0.15, -0.1) is 0 Å². The highest BCUT2D eigenvalue weighted by Gasteiger charge is 2.23. The topological polar surface area (TPSA) is 73.9 Å². The molecule has 0 fully saturated rings. The molecule has 0 aromatic heterocycles. The van der Waals surface area contributed by atoms with Crippen LogP contribution < -0.4 is 10.1 Å². The summed E-state index contributed by atoms with van der Waals surface area (Å²) >= 11 is 3.39. The minimum Gasteiger partial charge on any atom is -0.496 e. The number of esters is 1. The summed E-state index contributed by atoms with van der Waals surface area (Å²) in [5.74, 6) is 0.223. The zero-order valence-electron chi connectivity index (χ0n) is 13.9. The van der Waals surface area contributed by atoms with Crippen molar-refractivity contribution in [2.45, 2.75) is 38.8 Å². The number of carbonyl (C=O) groups is 2. The molecule has 23 heavy (non-hydrogen) atoms. The number of alkyl carbamates (subject to hydrolysis) is 1. The Bertz CT molecular complexity index is 568. The number of halogens is 1. The van der Waals surface area contributed by atoms with Gasteiger partial charge in [-0.25, -0.2) is 4.79 Å². The molecule has 0 aliphatic carbocycles. The lowest BCUT2D eigenvalue weighted by molar-refractivity contribution is -0.141. The predicted octanol–water partition coefficient (Wildman–Crippen LogP) is 3.59. The Morgan fingerprint density at radius 1 is 1.26 bits per heavy atom. The summed E-state index contributed by atoms with van der Waals surface area (Å²) in [5, 5.41) is 2.70. The van der Waals surface area contributed by atoms with Crippen LogP contribution in [0, 0.1) is 0 Å². The van der Waals surface area contributed by atoms with E-state index in [1.54, 1.807) is 46.1 Å². The third-order valence-electron chi connectivity index (χ3n) is 2.87. The summed E-state index contributed by atoms with van der Waals surface area (Å²) in [6, 6.07) is 4.73. The van der Waals surface area contributed by atoms with Crippen molar-refractivity contribution in [3.63, 3.8) is 0 Å². The molecule has 0 aliphatic rings. The second kappa shape index (κ2) is 8.19. The maximum absolute atomic E-state index is 12.0. The van der Waals surface area contributed by atoms with Crippen molar-refractivity contribution in [3.8, 4) is 5.75 Å². The van der Waals surface area contributed by atoms with E-state index in [1.807, 2.05) is 0 Å². The van der Waals surface area contributed by atoms with Gasteiger partial charge in [-0.05, 0) is 54.4 Å². The van der Waals surface area contributed by atoms with Crippen LogP contribution in [0.3, 0.4) is 0 Å². The molecule has 6 nitrogen and oxygen atoms in total. The number of hydrogen-bond donors (Lipinski definition) is 1. The van der Waals surface area contributed by atoms with Crippen LogP contribution in [0.25, 0.3) is 0 Å². The van der Waals surface area contributed by atoms with Gasteiger partial charge in [-0.2, -0.15) is 0 Å². The summed E-state index contributed by atoms with van der Waals surface area (Å²) in [4.78, 5) is 23.6. The zero-order valence-corrected chi connectivity index (χ0v) is 15.5. The summed E-state index contributed by atoms with van der Waals surface area (Å²) < 4.78 is 15.8. The second-order valence-electron chi connectivity index (χ2n) is 5.87. The molecule has 0 bridgehead atoms. The van der Waals surface area contributed by atoms with Crippen LogP contribution >= 0.6 is 15.9 Å². The maximum atomic E-state index is 12.0. The largest absolute Gasteiger partial charge is 0.496 e. The van der Waals surface area contributed by atoms with E-state index in [1.165, 1.54) is 7.11 Å². The first kappa shape index (κ1) is 19.3. The molecule has 1 N–H and O–H groups in total. The van der Waals surface area contributed by atoms with Crippen molar-refractivity contribution in [3.05, 3.63) is 28.2 Å². The Labute approximate surface area is 144 Å². The minimum atomic E-state index is -0.625. The fourth-order valence-corrected chi connectivity index (χ4v) is 2.41. The first-order chi connectivity index (χ1) is 10.7. The van der Waals surface area contributed by atoms with Crippen LogP contribution in [0.4, 0.5) is 4.79 Å². The van der Waals surface area contributed by atoms with E-state index in [4.69, 9.17) is 14.2 Å². The van der Waals surface area contributed by atoms with Crippen LogP contribution in [-0.4, -0.2) is 31.9 Å². The SMILES string of the molecule is COC(=O)CC(NC(=O)OC(C)(C)C)c1ccc(OC)c(Br)c1. The molecule has 0 aliphatic heterocycles. The molecule has 0 saturated heterocycles. The molecule has 1 aromatic rings. The Morgan fingerprint density at radius 2 is 1.91 bits per heavy atom. The summed E-state index contributed by atoms with van der Waals surface area (Å²) in [5.41, 5.74) is 0.106. The molecule has 128 valence electrons. The highest BCUT2D eigenvalue weighted by Crippen LogP contribution is 2.29. The van der Waals surface area contributed by atoms with Crippen LogP contribution in [0.15, 0.2) is 22.7 Å². The summed E-state index contributed by atoms with van der Waals surface area (Å²) in [7, 11) is 2.86.